The monoisotopic (exact) mass is 810 g/mol. The normalized spacial score (nSPS) is 19.8. The van der Waals surface area contributed by atoms with E-state index in [0.717, 1.165) is 87.8 Å². The first-order valence-corrected chi connectivity index (χ1v) is 20.4. The minimum atomic E-state index is -0.864. The van der Waals surface area contributed by atoms with Crippen LogP contribution < -0.4 is 25.6 Å². The molecule has 3 aliphatic heterocycles. The van der Waals surface area contributed by atoms with Gasteiger partial charge < -0.3 is 25.2 Å². The minimum Gasteiger partial charge on any atom is -0.491 e. The number of hydrogen-bond donors (Lipinski definition) is 3. The predicted octanol–water partition coefficient (Wildman–Crippen LogP) is 5.00. The molecule has 15 nitrogen and oxygen atoms in total. The Morgan fingerprint density at radius 2 is 1.72 bits per heavy atom. The number of fused-ring (bicyclic) bond motifs is 2. The topological polar surface area (TPSA) is 168 Å². The van der Waals surface area contributed by atoms with Crippen LogP contribution in [0.4, 0.5) is 15.8 Å². The summed E-state index contributed by atoms with van der Waals surface area (Å²) in [5.74, 6) is -0.970. The molecule has 6 heterocycles. The molecule has 4 fully saturated rings. The van der Waals surface area contributed by atoms with Crippen molar-refractivity contribution < 1.29 is 28.3 Å². The second-order valence-electron chi connectivity index (χ2n) is 15.9. The van der Waals surface area contributed by atoms with E-state index >= 15 is 4.39 Å². The van der Waals surface area contributed by atoms with Gasteiger partial charge in [0.25, 0.3) is 11.8 Å². The van der Waals surface area contributed by atoms with Gasteiger partial charge in [0.05, 0.1) is 46.8 Å². The van der Waals surface area contributed by atoms with Crippen LogP contribution >= 0.6 is 11.6 Å². The van der Waals surface area contributed by atoms with Crippen molar-refractivity contribution in [3.05, 3.63) is 77.1 Å². The highest BCUT2D eigenvalue weighted by Gasteiger charge is 2.30. The van der Waals surface area contributed by atoms with E-state index in [9.17, 15) is 19.2 Å². The number of nitrogens with zero attached hydrogens (tertiary/aromatic N) is 7. The molecule has 0 spiro atoms. The molecule has 4 aliphatic rings. The Bertz CT molecular complexity index is 2400. The fourth-order valence-corrected chi connectivity index (χ4v) is 8.37. The number of rotatable bonds is 11. The first-order chi connectivity index (χ1) is 28.1. The lowest BCUT2D eigenvalue weighted by molar-refractivity contribution is -0.134. The number of aromatic nitrogens is 5. The molecule has 0 radical (unpaired) electrons. The SMILES string of the molecule is O=C1CCC(NC(=O)c2ccc(N3CCC(CN4CCC(n5cc6cc(NC(=O)c7cnn8cc(Cl)cnc78)c(OCC7CC7)cc6n5)CC4)CC3)cc2F)C(=O)N1. The second-order valence-corrected chi connectivity index (χ2v) is 16.4. The van der Waals surface area contributed by atoms with Crippen LogP contribution in [-0.4, -0.2) is 98.3 Å². The zero-order valence-electron chi connectivity index (χ0n) is 31.8. The largest absolute Gasteiger partial charge is 0.491 e. The molecule has 1 saturated carbocycles. The highest BCUT2D eigenvalue weighted by Crippen LogP contribution is 2.36. The average Bonchev–Trinajstić information content (AvgIpc) is 3.81. The third-order valence-corrected chi connectivity index (χ3v) is 12.0. The summed E-state index contributed by atoms with van der Waals surface area (Å²) >= 11 is 6.06. The quantitative estimate of drug-likeness (QED) is 0.155. The Morgan fingerprint density at radius 1 is 0.914 bits per heavy atom. The van der Waals surface area contributed by atoms with E-state index < -0.39 is 23.7 Å². The summed E-state index contributed by atoms with van der Waals surface area (Å²) in [7, 11) is 0. The predicted molar refractivity (Wildman–Crippen MR) is 214 cm³/mol. The molecule has 5 aromatic rings. The fraction of sp³-hybridized carbons (Fsp3) is 0.439. The highest BCUT2D eigenvalue weighted by atomic mass is 35.5. The second kappa shape index (κ2) is 16.0. The number of anilines is 2. The molecule has 4 amide bonds. The van der Waals surface area contributed by atoms with Crippen LogP contribution in [-0.2, 0) is 9.59 Å². The first-order valence-electron chi connectivity index (χ1n) is 20.0. The lowest BCUT2D eigenvalue weighted by atomic mass is 9.94. The van der Waals surface area contributed by atoms with Crippen LogP contribution in [0.5, 0.6) is 5.75 Å². The molecule has 1 atom stereocenters. The Morgan fingerprint density at radius 3 is 2.48 bits per heavy atom. The maximum atomic E-state index is 15.1. The lowest BCUT2D eigenvalue weighted by Crippen LogP contribution is -2.52. The number of hydrogen-bond acceptors (Lipinski definition) is 10. The minimum absolute atomic E-state index is 0.126. The molecule has 17 heteroatoms. The van der Waals surface area contributed by atoms with E-state index in [1.165, 1.54) is 29.0 Å². The number of piperidine rings is 3. The molecule has 2 aromatic carbocycles. The number of carbonyl (C=O) groups is 4. The van der Waals surface area contributed by atoms with Crippen LogP contribution in [0, 0.1) is 17.7 Å². The van der Waals surface area contributed by atoms with Gasteiger partial charge in [0.2, 0.25) is 11.8 Å². The van der Waals surface area contributed by atoms with Gasteiger partial charge in [-0.15, -0.1) is 0 Å². The molecule has 1 aliphatic carbocycles. The first kappa shape index (κ1) is 37.9. The molecule has 58 heavy (non-hydrogen) atoms. The molecule has 3 saturated heterocycles. The Hall–Kier alpha value is -5.61. The van der Waals surface area contributed by atoms with E-state index in [2.05, 4.69) is 46.7 Å². The summed E-state index contributed by atoms with van der Waals surface area (Å²) in [5.41, 5.74) is 2.73. The van der Waals surface area contributed by atoms with Gasteiger partial charge >= 0.3 is 0 Å². The van der Waals surface area contributed by atoms with E-state index in [1.54, 1.807) is 12.3 Å². The van der Waals surface area contributed by atoms with Gasteiger partial charge in [-0.3, -0.25) is 29.2 Å². The molecular weight excluding hydrogens is 767 g/mol. The van der Waals surface area contributed by atoms with Crippen LogP contribution in [0.15, 0.2) is 55.1 Å². The van der Waals surface area contributed by atoms with Crippen LogP contribution in [0.1, 0.15) is 78.1 Å². The zero-order valence-corrected chi connectivity index (χ0v) is 32.6. The van der Waals surface area contributed by atoms with Crippen LogP contribution in [0.2, 0.25) is 5.02 Å². The fourth-order valence-electron chi connectivity index (χ4n) is 8.23. The summed E-state index contributed by atoms with van der Waals surface area (Å²) in [4.78, 5) is 58.6. The Balaban J connectivity index is 0.783. The number of amides is 4. The number of imide groups is 1. The molecule has 1 unspecified atom stereocenters. The van der Waals surface area contributed by atoms with E-state index in [-0.39, 0.29) is 36.3 Å². The van der Waals surface area contributed by atoms with Gasteiger partial charge in [0, 0.05) is 68.7 Å². The Labute approximate surface area is 338 Å². The smallest absolute Gasteiger partial charge is 0.261 e. The molecule has 302 valence electrons. The van der Waals surface area contributed by atoms with E-state index in [4.69, 9.17) is 21.4 Å². The van der Waals surface area contributed by atoms with Crippen molar-refractivity contribution in [3.8, 4) is 5.75 Å². The summed E-state index contributed by atoms with van der Waals surface area (Å²) in [6, 6.07) is 7.84. The standard InChI is InChI=1S/C41H44ClFN10O5/c42-27-18-44-38-31(19-45-53(38)22-27)40(56)47-35-15-26-21-52(49-34(26)17-36(35)58-23-25-1-2-25)28-9-11-50(12-10-28)20-24-7-13-51(14-8-24)29-3-4-30(32(43)16-29)39(55)46-33-5-6-37(54)48-41(33)57/h3-4,15-19,21-22,24-25,28,33H,1-2,5-14,20,23H2,(H,46,55)(H,47,56)(H,48,54,57). The van der Waals surface area contributed by atoms with Crippen LogP contribution in [0.25, 0.3) is 16.6 Å². The van der Waals surface area contributed by atoms with Crippen molar-refractivity contribution in [1.82, 2.24) is 39.9 Å². The number of benzene rings is 2. The van der Waals surface area contributed by atoms with Crippen molar-refractivity contribution in [3.63, 3.8) is 0 Å². The molecule has 3 aromatic heterocycles. The van der Waals surface area contributed by atoms with Crippen molar-refractivity contribution in [2.24, 2.45) is 11.8 Å². The summed E-state index contributed by atoms with van der Waals surface area (Å²) in [5, 5.41) is 18.3. The van der Waals surface area contributed by atoms with Crippen LogP contribution in [0.3, 0.4) is 0 Å². The third kappa shape index (κ3) is 8.21. The van der Waals surface area contributed by atoms with Gasteiger partial charge in [0.15, 0.2) is 5.65 Å². The zero-order chi connectivity index (χ0) is 39.9. The summed E-state index contributed by atoms with van der Waals surface area (Å²) < 4.78 is 24.9. The number of ether oxygens (including phenoxy) is 1. The van der Waals surface area contributed by atoms with Gasteiger partial charge in [-0.1, -0.05) is 11.6 Å². The van der Waals surface area contributed by atoms with Gasteiger partial charge in [-0.05, 0) is 81.0 Å². The maximum Gasteiger partial charge on any atom is 0.261 e. The molecule has 9 rings (SSSR count). The van der Waals surface area contributed by atoms with Gasteiger partial charge in [0.1, 0.15) is 23.2 Å². The van der Waals surface area contributed by atoms with E-state index in [1.807, 2.05) is 12.1 Å². The van der Waals surface area contributed by atoms with Crippen molar-refractivity contribution in [1.29, 1.82) is 0 Å². The summed E-state index contributed by atoms with van der Waals surface area (Å²) in [6.07, 6.45) is 13.1. The number of nitrogens with one attached hydrogen (secondary N) is 3. The Kier molecular flexibility index (Phi) is 10.4. The van der Waals surface area contributed by atoms with Gasteiger partial charge in [-0.2, -0.15) is 10.2 Å². The van der Waals surface area contributed by atoms with Crippen molar-refractivity contribution in [2.45, 2.75) is 63.5 Å². The molecule has 3 N–H and O–H groups in total. The lowest BCUT2D eigenvalue weighted by Gasteiger charge is -2.38. The molecule has 0 bridgehead atoms. The highest BCUT2D eigenvalue weighted by molar-refractivity contribution is 6.30. The van der Waals surface area contributed by atoms with E-state index in [0.29, 0.717) is 46.1 Å². The van der Waals surface area contributed by atoms with Gasteiger partial charge in [-0.25, -0.2) is 13.9 Å². The third-order valence-electron chi connectivity index (χ3n) is 11.8. The maximum absolute atomic E-state index is 15.1. The average molecular weight is 811 g/mol. The number of halogens is 2. The molecular formula is C41H44ClFN10O5. The summed E-state index contributed by atoms with van der Waals surface area (Å²) in [6.45, 7) is 5.11. The number of likely N-dealkylation sites (tertiary alicyclic amines) is 1. The van der Waals surface area contributed by atoms with Crippen molar-refractivity contribution in [2.75, 3.05) is 49.5 Å². The number of carbonyl (C=O) groups excluding carboxylic acids is 4. The van der Waals surface area contributed by atoms with Crippen molar-refractivity contribution >= 4 is 63.2 Å².